The molecule has 1 aromatic carbocycles. The van der Waals surface area contributed by atoms with E-state index in [9.17, 15) is 14.0 Å². The van der Waals surface area contributed by atoms with Gasteiger partial charge in [-0.05, 0) is 24.3 Å². The van der Waals surface area contributed by atoms with Crippen LogP contribution in [0.5, 0.6) is 0 Å². The number of amides is 1. The normalized spacial score (nSPS) is 10.8. The minimum absolute atomic E-state index is 0.0299. The maximum atomic E-state index is 13.5. The summed E-state index contributed by atoms with van der Waals surface area (Å²) in [7, 11) is 0. The van der Waals surface area contributed by atoms with E-state index >= 15 is 0 Å². The number of H-pyrrole nitrogens is 1. The number of nitrogens with one attached hydrogen (secondary N) is 1. The van der Waals surface area contributed by atoms with Crippen LogP contribution in [0.4, 0.5) is 4.39 Å². The molecule has 3 N–H and O–H groups in total. The smallest absolute Gasteiger partial charge is 0.266 e. The van der Waals surface area contributed by atoms with Crippen LogP contribution in [0.2, 0.25) is 5.02 Å². The Morgan fingerprint density at radius 3 is 2.83 bits per heavy atom. The van der Waals surface area contributed by atoms with Crippen LogP contribution < -0.4 is 11.3 Å². The lowest BCUT2D eigenvalue weighted by molar-refractivity contribution is -0.117. The number of aromatic nitrogens is 4. The van der Waals surface area contributed by atoms with E-state index in [0.29, 0.717) is 11.3 Å². The summed E-state index contributed by atoms with van der Waals surface area (Å²) in [6.45, 7) is 0. The second-order valence-corrected chi connectivity index (χ2v) is 5.36. The van der Waals surface area contributed by atoms with Gasteiger partial charge in [-0.15, -0.1) is 0 Å². The molecule has 0 atom stereocenters. The van der Waals surface area contributed by atoms with Crippen LogP contribution in [0.25, 0.3) is 17.1 Å². The van der Waals surface area contributed by atoms with Gasteiger partial charge in [0.2, 0.25) is 5.91 Å². The fourth-order valence-corrected chi connectivity index (χ4v) is 2.32. The fraction of sp³-hybridized carbons (Fsp3) is 0.0667. The van der Waals surface area contributed by atoms with Crippen LogP contribution in [-0.2, 0) is 11.2 Å². The van der Waals surface area contributed by atoms with E-state index in [0.717, 1.165) is 0 Å². The van der Waals surface area contributed by atoms with Crippen molar-refractivity contribution in [3.8, 4) is 17.1 Å². The van der Waals surface area contributed by atoms with Gasteiger partial charge in [0.25, 0.3) is 5.56 Å². The average Bonchev–Trinajstić information content (AvgIpc) is 2.93. The Bertz CT molecular complexity index is 982. The molecular formula is C15H11ClFN5O2. The molecule has 3 aromatic rings. The van der Waals surface area contributed by atoms with Gasteiger partial charge in [0, 0.05) is 11.8 Å². The van der Waals surface area contributed by atoms with E-state index in [1.165, 1.54) is 35.1 Å². The molecule has 7 nitrogen and oxygen atoms in total. The molecule has 0 aliphatic rings. The van der Waals surface area contributed by atoms with Crippen molar-refractivity contribution in [3.05, 3.63) is 63.5 Å². The van der Waals surface area contributed by atoms with Crippen molar-refractivity contribution in [1.29, 1.82) is 0 Å². The van der Waals surface area contributed by atoms with Gasteiger partial charge < -0.3 is 10.7 Å². The molecule has 0 aliphatic heterocycles. The molecule has 0 saturated carbocycles. The topological polar surface area (TPSA) is 107 Å². The van der Waals surface area contributed by atoms with Gasteiger partial charge >= 0.3 is 0 Å². The maximum Gasteiger partial charge on any atom is 0.266 e. The number of carbonyl (C=O) groups is 1. The predicted molar refractivity (Wildman–Crippen MR) is 85.3 cm³/mol. The summed E-state index contributed by atoms with van der Waals surface area (Å²) in [6, 6.07) is 7.11. The third-order valence-electron chi connectivity index (χ3n) is 3.15. The van der Waals surface area contributed by atoms with Crippen LogP contribution in [-0.4, -0.2) is 25.7 Å². The fourth-order valence-electron chi connectivity index (χ4n) is 2.15. The van der Waals surface area contributed by atoms with E-state index in [-0.39, 0.29) is 23.1 Å². The van der Waals surface area contributed by atoms with Gasteiger partial charge in [-0.3, -0.25) is 9.59 Å². The van der Waals surface area contributed by atoms with Crippen LogP contribution in [0.3, 0.4) is 0 Å². The van der Waals surface area contributed by atoms with Crippen molar-refractivity contribution in [2.45, 2.75) is 6.42 Å². The second-order valence-electron chi connectivity index (χ2n) is 4.95. The van der Waals surface area contributed by atoms with Gasteiger partial charge in [-0.25, -0.2) is 14.1 Å². The number of rotatable bonds is 4. The minimum atomic E-state index is -0.600. The predicted octanol–water partition coefficient (Wildman–Crippen LogP) is 1.44. The summed E-state index contributed by atoms with van der Waals surface area (Å²) >= 11 is 5.84. The van der Waals surface area contributed by atoms with Gasteiger partial charge in [0.1, 0.15) is 10.8 Å². The Morgan fingerprint density at radius 1 is 1.38 bits per heavy atom. The van der Waals surface area contributed by atoms with Crippen molar-refractivity contribution >= 4 is 17.5 Å². The zero-order valence-electron chi connectivity index (χ0n) is 12.2. The summed E-state index contributed by atoms with van der Waals surface area (Å²) in [4.78, 5) is 29.2. The van der Waals surface area contributed by atoms with Crippen molar-refractivity contribution in [1.82, 2.24) is 19.7 Å². The first-order valence-corrected chi connectivity index (χ1v) is 7.20. The minimum Gasteiger partial charge on any atom is -0.369 e. The number of carbonyl (C=O) groups excluding carboxylic acids is 1. The van der Waals surface area contributed by atoms with Crippen LogP contribution in [0.15, 0.2) is 41.3 Å². The van der Waals surface area contributed by atoms with E-state index in [4.69, 9.17) is 17.3 Å². The van der Waals surface area contributed by atoms with Crippen molar-refractivity contribution < 1.29 is 9.18 Å². The number of nitrogens with two attached hydrogens (primary N) is 1. The molecule has 3 rings (SSSR count). The SMILES string of the molecule is NC(=O)Cc1nc(-c2c[nH]c(=O)c(Cl)c2)n(-c2cccc(F)c2)n1. The zero-order chi connectivity index (χ0) is 17.3. The third-order valence-corrected chi connectivity index (χ3v) is 3.43. The van der Waals surface area contributed by atoms with Gasteiger partial charge in [-0.1, -0.05) is 17.7 Å². The highest BCUT2D eigenvalue weighted by Gasteiger charge is 2.16. The third kappa shape index (κ3) is 3.18. The summed E-state index contributed by atoms with van der Waals surface area (Å²) in [5.41, 5.74) is 5.57. The highest BCUT2D eigenvalue weighted by Crippen LogP contribution is 2.22. The van der Waals surface area contributed by atoms with Gasteiger partial charge in [-0.2, -0.15) is 5.10 Å². The molecule has 0 bridgehead atoms. The number of halogens is 2. The zero-order valence-corrected chi connectivity index (χ0v) is 12.9. The second kappa shape index (κ2) is 6.25. The van der Waals surface area contributed by atoms with Gasteiger partial charge in [0.05, 0.1) is 12.1 Å². The molecule has 0 unspecified atom stereocenters. The first-order chi connectivity index (χ1) is 11.4. The molecule has 0 spiro atoms. The Kier molecular flexibility index (Phi) is 4.13. The number of aromatic amines is 1. The molecule has 0 radical (unpaired) electrons. The highest BCUT2D eigenvalue weighted by molar-refractivity contribution is 6.30. The van der Waals surface area contributed by atoms with Crippen molar-refractivity contribution in [3.63, 3.8) is 0 Å². The largest absolute Gasteiger partial charge is 0.369 e. The number of nitrogens with zero attached hydrogens (tertiary/aromatic N) is 3. The number of primary amides is 1. The molecule has 24 heavy (non-hydrogen) atoms. The molecule has 0 fully saturated rings. The van der Waals surface area contributed by atoms with E-state index in [1.807, 2.05) is 0 Å². The van der Waals surface area contributed by atoms with Gasteiger partial charge in [0.15, 0.2) is 11.6 Å². The van der Waals surface area contributed by atoms with Crippen LogP contribution >= 0.6 is 11.6 Å². The number of pyridine rings is 1. The first kappa shape index (κ1) is 15.9. The van der Waals surface area contributed by atoms with Crippen LogP contribution in [0, 0.1) is 5.82 Å². The lowest BCUT2D eigenvalue weighted by atomic mass is 10.2. The number of hydrogen-bond donors (Lipinski definition) is 2. The molecule has 0 saturated heterocycles. The lowest BCUT2D eigenvalue weighted by Crippen LogP contribution is -2.14. The van der Waals surface area contributed by atoms with E-state index < -0.39 is 17.3 Å². The molecule has 2 aromatic heterocycles. The molecule has 2 heterocycles. The van der Waals surface area contributed by atoms with Crippen LogP contribution in [0.1, 0.15) is 5.82 Å². The Balaban J connectivity index is 2.19. The first-order valence-electron chi connectivity index (χ1n) is 6.83. The molecule has 9 heteroatoms. The standard InChI is InChI=1S/C15H11ClFN5O2/c16-11-4-8(7-19-15(11)24)14-20-13(6-12(18)23)21-22(14)10-3-1-2-9(17)5-10/h1-5,7H,6H2,(H2,18,23)(H,19,24). The summed E-state index contributed by atoms with van der Waals surface area (Å²) in [6.07, 6.45) is 1.23. The average molecular weight is 348 g/mol. The Labute approximate surface area is 139 Å². The van der Waals surface area contributed by atoms with Crippen molar-refractivity contribution in [2.24, 2.45) is 5.73 Å². The highest BCUT2D eigenvalue weighted by atomic mass is 35.5. The summed E-state index contributed by atoms with van der Waals surface area (Å²) < 4.78 is 14.9. The quantitative estimate of drug-likeness (QED) is 0.744. The Morgan fingerprint density at radius 2 is 2.17 bits per heavy atom. The van der Waals surface area contributed by atoms with Crippen molar-refractivity contribution in [2.75, 3.05) is 0 Å². The number of hydrogen-bond acceptors (Lipinski definition) is 4. The van der Waals surface area contributed by atoms with E-state index in [1.54, 1.807) is 6.07 Å². The number of benzene rings is 1. The lowest BCUT2D eigenvalue weighted by Gasteiger charge is -2.06. The van der Waals surface area contributed by atoms with E-state index in [2.05, 4.69) is 15.1 Å². The molecular weight excluding hydrogens is 337 g/mol. The monoisotopic (exact) mass is 347 g/mol. The Hall–Kier alpha value is -3.00. The summed E-state index contributed by atoms with van der Waals surface area (Å²) in [5, 5.41) is 4.16. The molecule has 1 amide bonds. The molecule has 0 aliphatic carbocycles. The maximum absolute atomic E-state index is 13.5. The molecule has 122 valence electrons. The summed E-state index contributed by atoms with van der Waals surface area (Å²) in [5.74, 6) is -0.596.